The van der Waals surface area contributed by atoms with Crippen molar-refractivity contribution in [3.63, 3.8) is 0 Å². The van der Waals surface area contributed by atoms with Crippen molar-refractivity contribution in [3.8, 4) is 0 Å². The molecule has 2 bridgehead atoms. The van der Waals surface area contributed by atoms with Gasteiger partial charge in [-0.3, -0.25) is 14.4 Å². The van der Waals surface area contributed by atoms with Gasteiger partial charge < -0.3 is 44.0 Å². The number of aliphatic hydroxyl groups is 2. The summed E-state index contributed by atoms with van der Waals surface area (Å²) in [5.74, 6) is -6.32. The van der Waals surface area contributed by atoms with E-state index in [2.05, 4.69) is 5.32 Å². The Labute approximate surface area is 342 Å². The van der Waals surface area contributed by atoms with Crippen LogP contribution in [0.25, 0.3) is 0 Å². The molecular formula is C44H53NO14. The number of methoxy groups -OCH3 is 1. The zero-order valence-corrected chi connectivity index (χ0v) is 34.7. The van der Waals surface area contributed by atoms with Crippen LogP contribution in [0.2, 0.25) is 0 Å². The summed E-state index contributed by atoms with van der Waals surface area (Å²) < 4.78 is 35.7. The maximum Gasteiger partial charge on any atom is 0.408 e. The third-order valence-electron chi connectivity index (χ3n) is 12.6. The molecule has 1 amide bonds. The number of carbonyl (C=O) groups excluding carboxylic acids is 6. The Hall–Kier alpha value is -4.96. The Bertz CT molecular complexity index is 2040. The highest BCUT2D eigenvalue weighted by Gasteiger charge is 2.78. The fraction of sp³-hybridized carbons (Fsp3) is 0.545. The summed E-state index contributed by atoms with van der Waals surface area (Å²) in [6.45, 7) is 11.9. The Morgan fingerprint density at radius 3 is 2.10 bits per heavy atom. The molecule has 1 unspecified atom stereocenters. The van der Waals surface area contributed by atoms with Gasteiger partial charge in [0.1, 0.15) is 29.5 Å². The summed E-state index contributed by atoms with van der Waals surface area (Å²) in [6.07, 6.45) is -8.67. The van der Waals surface area contributed by atoms with Crippen LogP contribution in [0, 0.1) is 16.7 Å². The second-order valence-corrected chi connectivity index (χ2v) is 17.6. The van der Waals surface area contributed by atoms with E-state index >= 15 is 4.79 Å². The van der Waals surface area contributed by atoms with E-state index in [1.165, 1.54) is 53.9 Å². The number of alkyl carbamates (subject to hydrolysis) is 1. The molecule has 0 spiro atoms. The average molecular weight is 820 g/mol. The maximum atomic E-state index is 15.1. The lowest BCUT2D eigenvalue weighted by molar-refractivity contribution is -0.345. The van der Waals surface area contributed by atoms with Crippen LogP contribution in [0.1, 0.15) is 90.2 Å². The van der Waals surface area contributed by atoms with Gasteiger partial charge in [0.15, 0.2) is 11.7 Å². The Morgan fingerprint density at radius 1 is 0.949 bits per heavy atom. The first-order valence-electron chi connectivity index (χ1n) is 19.6. The Balaban J connectivity index is 1.50. The SMILES string of the molecule is CO[C@H]1C[C@H]2OC[C@@]2(OC(C)=O)C2[C@H](OC(=O)c3ccccc3)[C@]3(O)C[C@H](OC(=O)[C@H](O)[C@@H](NC(=O)OC(C)(C)C)c4ccccc4)C(C)=C(C(=O)C(=O)[C@@]21C)C3(C)C. The number of hydrogen-bond acceptors (Lipinski definition) is 14. The van der Waals surface area contributed by atoms with Crippen LogP contribution in [-0.4, -0.2) is 107 Å². The number of fused-ring (bicyclic) bond motifs is 5. The number of benzene rings is 2. The van der Waals surface area contributed by atoms with Gasteiger partial charge in [-0.15, -0.1) is 0 Å². The summed E-state index contributed by atoms with van der Waals surface area (Å²) in [4.78, 5) is 84.2. The molecule has 3 fully saturated rings. The summed E-state index contributed by atoms with van der Waals surface area (Å²) in [6, 6.07) is 14.7. The summed E-state index contributed by atoms with van der Waals surface area (Å²) in [7, 11) is 1.36. The zero-order valence-electron chi connectivity index (χ0n) is 34.7. The van der Waals surface area contributed by atoms with Gasteiger partial charge in [0.25, 0.3) is 0 Å². The largest absolute Gasteiger partial charge is 0.456 e. The lowest BCUT2D eigenvalue weighted by atomic mass is 9.45. The van der Waals surface area contributed by atoms with Crippen molar-refractivity contribution < 1.29 is 67.4 Å². The van der Waals surface area contributed by atoms with E-state index in [4.69, 9.17) is 28.4 Å². The van der Waals surface area contributed by atoms with E-state index in [-0.39, 0.29) is 29.7 Å². The number of esters is 3. The van der Waals surface area contributed by atoms with E-state index in [9.17, 15) is 34.2 Å². The summed E-state index contributed by atoms with van der Waals surface area (Å²) in [5, 5.41) is 27.7. The number of Topliss-reactive ketones (excluding diaryl/α,β-unsaturated/α-hetero) is 2. The highest BCUT2D eigenvalue weighted by atomic mass is 16.6. The molecule has 10 atom stereocenters. The van der Waals surface area contributed by atoms with Gasteiger partial charge in [0.05, 0.1) is 35.6 Å². The fourth-order valence-electron chi connectivity index (χ4n) is 9.66. The number of hydrogen-bond donors (Lipinski definition) is 3. The first-order valence-corrected chi connectivity index (χ1v) is 19.6. The second-order valence-electron chi connectivity index (χ2n) is 17.6. The molecule has 2 saturated carbocycles. The maximum absolute atomic E-state index is 15.1. The van der Waals surface area contributed by atoms with Crippen molar-refractivity contribution in [1.82, 2.24) is 5.32 Å². The number of ether oxygens (including phenoxy) is 6. The van der Waals surface area contributed by atoms with E-state index in [0.717, 1.165) is 0 Å². The smallest absolute Gasteiger partial charge is 0.408 e. The molecule has 1 heterocycles. The number of carbonyl (C=O) groups is 6. The topological polar surface area (TPSA) is 210 Å². The highest BCUT2D eigenvalue weighted by Crippen LogP contribution is 2.64. The van der Waals surface area contributed by atoms with Gasteiger partial charge >= 0.3 is 24.0 Å². The number of ketones is 2. The van der Waals surface area contributed by atoms with Crippen molar-refractivity contribution in [2.45, 2.75) is 122 Å². The number of aliphatic hydroxyl groups excluding tert-OH is 1. The minimum Gasteiger partial charge on any atom is -0.456 e. The molecule has 0 radical (unpaired) electrons. The molecule has 4 aliphatic rings. The summed E-state index contributed by atoms with van der Waals surface area (Å²) in [5.41, 5.74) is -8.20. The van der Waals surface area contributed by atoms with Gasteiger partial charge in [0, 0.05) is 37.9 Å². The standard InChI is InChI=1S/C44H53NO14/c1-23-27(56-38(51)33(48)31(25-16-12-10-13-17-25)45-39(52)59-40(3,4)5)21-44(53)36(57-37(50)26-18-14-11-15-19-26)34-42(8,35(49)32(47)30(23)41(44,6)7)28(54-9)20-29-43(34,22-55-29)58-24(2)46/h10-19,27-29,31,33-34,36,48,53H,20-22H2,1-9H3,(H,45,52)/t27-,28-,29+,31-,33+,34?,36-,42+,43-,44+/m0/s1. The first kappa shape index (κ1) is 43.6. The van der Waals surface area contributed by atoms with Crippen molar-refractivity contribution >= 4 is 35.6 Å². The molecule has 3 aliphatic carbocycles. The van der Waals surface area contributed by atoms with Gasteiger partial charge in [-0.2, -0.15) is 0 Å². The zero-order chi connectivity index (χ0) is 43.5. The van der Waals surface area contributed by atoms with Gasteiger partial charge in [-0.05, 0) is 57.9 Å². The predicted octanol–water partition coefficient (Wildman–Crippen LogP) is 4.12. The predicted molar refractivity (Wildman–Crippen MR) is 207 cm³/mol. The quantitative estimate of drug-likeness (QED) is 0.185. The van der Waals surface area contributed by atoms with Crippen molar-refractivity contribution in [1.29, 1.82) is 0 Å². The second kappa shape index (κ2) is 15.6. The van der Waals surface area contributed by atoms with Crippen LogP contribution in [-0.2, 0) is 47.6 Å². The lowest BCUT2D eigenvalue weighted by Gasteiger charge is -2.67. The molecule has 2 aromatic rings. The van der Waals surface area contributed by atoms with Crippen molar-refractivity contribution in [2.24, 2.45) is 16.7 Å². The first-order chi connectivity index (χ1) is 27.5. The molecule has 3 N–H and O–H groups in total. The monoisotopic (exact) mass is 819 g/mol. The molecule has 59 heavy (non-hydrogen) atoms. The highest BCUT2D eigenvalue weighted by molar-refractivity contribution is 6.46. The number of rotatable bonds is 9. The minimum absolute atomic E-state index is 0.0209. The van der Waals surface area contributed by atoms with Gasteiger partial charge in [-0.1, -0.05) is 62.4 Å². The van der Waals surface area contributed by atoms with Crippen LogP contribution in [0.5, 0.6) is 0 Å². The molecule has 1 saturated heterocycles. The van der Waals surface area contributed by atoms with Crippen molar-refractivity contribution in [2.75, 3.05) is 13.7 Å². The molecule has 2 aromatic carbocycles. The van der Waals surface area contributed by atoms with E-state index in [1.807, 2.05) is 0 Å². The molecule has 15 heteroatoms. The Morgan fingerprint density at radius 2 is 1.56 bits per heavy atom. The third kappa shape index (κ3) is 7.36. The molecule has 15 nitrogen and oxygen atoms in total. The van der Waals surface area contributed by atoms with Gasteiger partial charge in [0.2, 0.25) is 11.6 Å². The van der Waals surface area contributed by atoms with Crippen molar-refractivity contribution in [3.05, 3.63) is 82.9 Å². The molecule has 318 valence electrons. The molecule has 0 aromatic heterocycles. The lowest BCUT2D eigenvalue weighted by Crippen LogP contribution is -2.81. The average Bonchev–Trinajstić information content (AvgIpc) is 3.16. The molecular weight excluding hydrogens is 766 g/mol. The minimum atomic E-state index is -2.36. The number of nitrogens with one attached hydrogen (secondary N) is 1. The van der Waals surface area contributed by atoms with Gasteiger partial charge in [-0.25, -0.2) is 14.4 Å². The van der Waals surface area contributed by atoms with Crippen LogP contribution in [0.3, 0.4) is 0 Å². The van der Waals surface area contributed by atoms with E-state index in [1.54, 1.807) is 69.3 Å². The Kier molecular flexibility index (Phi) is 11.5. The van der Waals surface area contributed by atoms with Crippen LogP contribution < -0.4 is 5.32 Å². The molecule has 1 aliphatic heterocycles. The summed E-state index contributed by atoms with van der Waals surface area (Å²) >= 11 is 0. The number of amides is 1. The third-order valence-corrected chi connectivity index (χ3v) is 12.6. The fourth-order valence-corrected chi connectivity index (χ4v) is 9.66. The van der Waals surface area contributed by atoms with E-state index in [0.29, 0.717) is 5.56 Å². The van der Waals surface area contributed by atoms with Crippen LogP contribution >= 0.6 is 0 Å². The van der Waals surface area contributed by atoms with Crippen LogP contribution in [0.4, 0.5) is 4.79 Å². The van der Waals surface area contributed by atoms with E-state index < -0.39 is 112 Å². The van der Waals surface area contributed by atoms with Crippen LogP contribution in [0.15, 0.2) is 71.8 Å². The normalized spacial score (nSPS) is 32.1. The molecule has 6 rings (SSSR count).